The fourth-order valence-electron chi connectivity index (χ4n) is 4.17. The molecule has 1 heterocycles. The summed E-state index contributed by atoms with van der Waals surface area (Å²) in [4.78, 5) is 29.1. The summed E-state index contributed by atoms with van der Waals surface area (Å²) in [6, 6.07) is 10.9. The molecule has 1 saturated heterocycles. The second kappa shape index (κ2) is 10.6. The highest BCUT2D eigenvalue weighted by Crippen LogP contribution is 2.44. The van der Waals surface area contributed by atoms with E-state index in [1.807, 2.05) is 20.8 Å². The Kier molecular flexibility index (Phi) is 8.18. The largest absolute Gasteiger partial charge is 0.493 e. The molecule has 0 radical (unpaired) electrons. The predicted molar refractivity (Wildman–Crippen MR) is 144 cm³/mol. The zero-order valence-corrected chi connectivity index (χ0v) is 23.5. The first-order chi connectivity index (χ1) is 16.8. The Labute approximate surface area is 218 Å². The lowest BCUT2D eigenvalue weighted by atomic mass is 9.86. The molecular weight excluding hydrogens is 476 g/mol. The number of hydrogen-bond donors (Lipinski definition) is 1. The standard InChI is InChI=1S/C28H38N2O5S/c1-27(2,3)19-12-10-17(11-13-19)26-30(20(16-36-26)24(31)29-28(4,5)6)25(32)18-14-21(33-7)23(35-9)22(15-18)34-8/h10-15,20,26H,16H2,1-9H3,(H,29,31). The van der Waals surface area contributed by atoms with Crippen LogP contribution >= 0.6 is 11.8 Å². The minimum absolute atomic E-state index is 0.0161. The number of methoxy groups -OCH3 is 3. The third kappa shape index (κ3) is 5.91. The number of nitrogens with zero attached hydrogens (tertiary/aromatic N) is 1. The Bertz CT molecular complexity index is 1080. The predicted octanol–water partition coefficient (Wildman–Crippen LogP) is 5.18. The van der Waals surface area contributed by atoms with Crippen molar-refractivity contribution in [1.82, 2.24) is 10.2 Å². The van der Waals surface area contributed by atoms with Crippen molar-refractivity contribution in [2.75, 3.05) is 27.1 Å². The molecule has 1 aliphatic heterocycles. The number of carbonyl (C=O) groups is 2. The Hall–Kier alpha value is -2.87. The van der Waals surface area contributed by atoms with Gasteiger partial charge < -0.3 is 24.4 Å². The van der Waals surface area contributed by atoms with Gasteiger partial charge in [0.25, 0.3) is 5.91 Å². The maximum Gasteiger partial charge on any atom is 0.256 e. The number of thioether (sulfide) groups is 1. The van der Waals surface area contributed by atoms with Gasteiger partial charge in [0.1, 0.15) is 11.4 Å². The first-order valence-corrected chi connectivity index (χ1v) is 13.0. The molecule has 2 amide bonds. The van der Waals surface area contributed by atoms with Crippen molar-refractivity contribution >= 4 is 23.6 Å². The number of amides is 2. The molecular formula is C28H38N2O5S. The van der Waals surface area contributed by atoms with Gasteiger partial charge in [0.05, 0.1) is 21.3 Å². The minimum atomic E-state index is -0.631. The van der Waals surface area contributed by atoms with Crippen LogP contribution in [0.5, 0.6) is 17.2 Å². The highest BCUT2D eigenvalue weighted by Gasteiger charge is 2.43. The van der Waals surface area contributed by atoms with Crippen LogP contribution in [0, 0.1) is 0 Å². The second-order valence-electron chi connectivity index (χ2n) is 10.9. The molecule has 2 aromatic rings. The fourth-order valence-corrected chi connectivity index (χ4v) is 5.60. The van der Waals surface area contributed by atoms with Gasteiger partial charge in [-0.2, -0.15) is 0 Å². The van der Waals surface area contributed by atoms with Crippen molar-refractivity contribution in [2.45, 2.75) is 63.9 Å². The van der Waals surface area contributed by atoms with E-state index in [1.54, 1.807) is 28.8 Å². The van der Waals surface area contributed by atoms with E-state index in [2.05, 4.69) is 50.4 Å². The number of nitrogens with one attached hydrogen (secondary N) is 1. The summed E-state index contributed by atoms with van der Waals surface area (Å²) in [5.74, 6) is 1.21. The molecule has 0 saturated carbocycles. The van der Waals surface area contributed by atoms with Crippen molar-refractivity contribution in [1.29, 1.82) is 0 Å². The number of carbonyl (C=O) groups excluding carboxylic acids is 2. The van der Waals surface area contributed by atoms with Crippen LogP contribution in [0.3, 0.4) is 0 Å². The third-order valence-corrected chi connectivity index (χ3v) is 7.33. The smallest absolute Gasteiger partial charge is 0.256 e. The van der Waals surface area contributed by atoms with Gasteiger partial charge >= 0.3 is 0 Å². The average Bonchev–Trinajstić information content (AvgIpc) is 3.26. The molecule has 0 aliphatic carbocycles. The van der Waals surface area contributed by atoms with E-state index in [4.69, 9.17) is 14.2 Å². The molecule has 1 aliphatic rings. The summed E-state index contributed by atoms with van der Waals surface area (Å²) >= 11 is 1.59. The maximum atomic E-state index is 14.1. The van der Waals surface area contributed by atoms with Crippen LogP contribution in [0.25, 0.3) is 0 Å². The van der Waals surface area contributed by atoms with E-state index in [0.717, 1.165) is 5.56 Å². The summed E-state index contributed by atoms with van der Waals surface area (Å²) in [6.07, 6.45) is 0. The van der Waals surface area contributed by atoms with E-state index in [9.17, 15) is 9.59 Å². The van der Waals surface area contributed by atoms with Gasteiger partial charge in [-0.3, -0.25) is 9.59 Å². The number of rotatable bonds is 6. The SMILES string of the molecule is COc1cc(C(=O)N2C(C(=O)NC(C)(C)C)CSC2c2ccc(C(C)(C)C)cc2)cc(OC)c1OC. The summed E-state index contributed by atoms with van der Waals surface area (Å²) in [6.45, 7) is 12.3. The van der Waals surface area contributed by atoms with E-state index in [0.29, 0.717) is 28.6 Å². The van der Waals surface area contributed by atoms with Gasteiger partial charge in [-0.05, 0) is 49.4 Å². The van der Waals surface area contributed by atoms with Crippen molar-refractivity contribution in [3.05, 3.63) is 53.1 Å². The van der Waals surface area contributed by atoms with Crippen LogP contribution in [0.4, 0.5) is 0 Å². The fraction of sp³-hybridized carbons (Fsp3) is 0.500. The molecule has 8 heteroatoms. The van der Waals surface area contributed by atoms with Gasteiger partial charge in [-0.15, -0.1) is 11.8 Å². The summed E-state index contributed by atoms with van der Waals surface area (Å²) in [5.41, 5.74) is 2.13. The van der Waals surface area contributed by atoms with E-state index in [1.165, 1.54) is 26.9 Å². The van der Waals surface area contributed by atoms with Crippen LogP contribution < -0.4 is 19.5 Å². The van der Waals surface area contributed by atoms with Crippen molar-refractivity contribution in [3.8, 4) is 17.2 Å². The maximum absolute atomic E-state index is 14.1. The first kappa shape index (κ1) is 27.7. The first-order valence-electron chi connectivity index (χ1n) is 12.0. The highest BCUT2D eigenvalue weighted by molar-refractivity contribution is 7.99. The average molecular weight is 515 g/mol. The van der Waals surface area contributed by atoms with Crippen LogP contribution in [0.15, 0.2) is 36.4 Å². The monoisotopic (exact) mass is 514 g/mol. The molecule has 2 atom stereocenters. The normalized spacial score (nSPS) is 18.1. The zero-order valence-electron chi connectivity index (χ0n) is 22.7. The highest BCUT2D eigenvalue weighted by atomic mass is 32.2. The lowest BCUT2D eigenvalue weighted by molar-refractivity contribution is -0.126. The van der Waals surface area contributed by atoms with E-state index >= 15 is 0 Å². The zero-order chi connectivity index (χ0) is 26.8. The van der Waals surface area contributed by atoms with Gasteiger partial charge in [0, 0.05) is 16.9 Å². The number of benzene rings is 2. The Morgan fingerprint density at radius 3 is 1.92 bits per heavy atom. The lowest BCUT2D eigenvalue weighted by Crippen LogP contribution is -2.52. The van der Waals surface area contributed by atoms with E-state index in [-0.39, 0.29) is 22.6 Å². The molecule has 0 bridgehead atoms. The van der Waals surface area contributed by atoms with Crippen LogP contribution in [-0.2, 0) is 10.2 Å². The molecule has 0 spiro atoms. The Morgan fingerprint density at radius 2 is 1.47 bits per heavy atom. The van der Waals surface area contributed by atoms with Crippen LogP contribution in [0.2, 0.25) is 0 Å². The molecule has 2 unspecified atom stereocenters. The minimum Gasteiger partial charge on any atom is -0.493 e. The summed E-state index contributed by atoms with van der Waals surface area (Å²) in [7, 11) is 4.54. The third-order valence-electron chi connectivity index (χ3n) is 6.01. The van der Waals surface area contributed by atoms with Crippen molar-refractivity contribution in [3.63, 3.8) is 0 Å². The molecule has 196 valence electrons. The number of ether oxygens (including phenoxy) is 3. The quantitative estimate of drug-likeness (QED) is 0.572. The topological polar surface area (TPSA) is 77.1 Å². The van der Waals surface area contributed by atoms with Gasteiger partial charge in [-0.1, -0.05) is 45.0 Å². The molecule has 7 nitrogen and oxygen atoms in total. The summed E-state index contributed by atoms with van der Waals surface area (Å²) in [5, 5.41) is 2.73. The molecule has 0 aromatic heterocycles. The second-order valence-corrected chi connectivity index (χ2v) is 12.1. The Morgan fingerprint density at radius 1 is 0.917 bits per heavy atom. The molecule has 2 aromatic carbocycles. The molecule has 36 heavy (non-hydrogen) atoms. The molecule has 3 rings (SSSR count). The Balaban J connectivity index is 2.07. The van der Waals surface area contributed by atoms with Gasteiger partial charge in [0.15, 0.2) is 11.5 Å². The lowest BCUT2D eigenvalue weighted by Gasteiger charge is -2.32. The van der Waals surface area contributed by atoms with Gasteiger partial charge in [-0.25, -0.2) is 0 Å². The molecule has 1 fully saturated rings. The van der Waals surface area contributed by atoms with Crippen molar-refractivity contribution < 1.29 is 23.8 Å². The van der Waals surface area contributed by atoms with Crippen molar-refractivity contribution in [2.24, 2.45) is 0 Å². The molecule has 1 N–H and O–H groups in total. The van der Waals surface area contributed by atoms with E-state index < -0.39 is 11.6 Å². The number of hydrogen-bond acceptors (Lipinski definition) is 6. The summed E-state index contributed by atoms with van der Waals surface area (Å²) < 4.78 is 16.4. The van der Waals surface area contributed by atoms with Crippen LogP contribution in [-0.4, -0.2) is 55.4 Å². The van der Waals surface area contributed by atoms with Crippen LogP contribution in [0.1, 0.15) is 68.4 Å². The van der Waals surface area contributed by atoms with Gasteiger partial charge in [0.2, 0.25) is 11.7 Å².